The lowest BCUT2D eigenvalue weighted by atomic mass is 10.1. The quantitative estimate of drug-likeness (QED) is 0.164. The summed E-state index contributed by atoms with van der Waals surface area (Å²) in [7, 11) is -3.12. The first-order valence-corrected chi connectivity index (χ1v) is 14.3. The standard InChI is InChI=1S/C26H30F3N5O9S/c1-17(2)43-25(36)41-16-42-34(37)32(4)13-14-40-24(35)31-44(38,39)21-11-9-20(10-12-21)33-22(15-23(30-33)26(27,28)29)19-7-5-18(3)6-8-19/h5-12,15,17,37H,13-14,16H2,1-4H3,(H,31,35). The third kappa shape index (κ3) is 9.64. The van der Waals surface area contributed by atoms with Crippen molar-refractivity contribution >= 4 is 22.3 Å². The Kier molecular flexibility index (Phi) is 11.3. The number of hydrazine groups is 1. The highest BCUT2D eigenvalue weighted by molar-refractivity contribution is 7.90. The number of nitrogens with one attached hydrogen (secondary N) is 1. The van der Waals surface area contributed by atoms with Gasteiger partial charge >= 0.3 is 18.4 Å². The van der Waals surface area contributed by atoms with Crippen LogP contribution in [0.5, 0.6) is 0 Å². The molecule has 1 amide bonds. The zero-order valence-electron chi connectivity index (χ0n) is 23.9. The number of alkyl halides is 3. The van der Waals surface area contributed by atoms with Crippen molar-refractivity contribution < 1.29 is 55.4 Å². The molecule has 0 saturated heterocycles. The molecule has 2 N–H and O–H groups in total. The van der Waals surface area contributed by atoms with Crippen LogP contribution >= 0.6 is 0 Å². The summed E-state index contributed by atoms with van der Waals surface area (Å²) in [6, 6.07) is 12.3. The van der Waals surface area contributed by atoms with Gasteiger partial charge in [-0.15, -0.1) is 0 Å². The van der Waals surface area contributed by atoms with Crippen molar-refractivity contribution in [2.75, 3.05) is 27.0 Å². The van der Waals surface area contributed by atoms with Gasteiger partial charge in [0.25, 0.3) is 10.0 Å². The van der Waals surface area contributed by atoms with Crippen LogP contribution in [-0.4, -0.2) is 79.1 Å². The molecule has 18 heteroatoms. The Morgan fingerprint density at radius 1 is 1.07 bits per heavy atom. The molecule has 3 rings (SSSR count). The molecule has 0 bridgehead atoms. The fourth-order valence-electron chi connectivity index (χ4n) is 3.41. The highest BCUT2D eigenvalue weighted by atomic mass is 32.2. The van der Waals surface area contributed by atoms with E-state index >= 15 is 0 Å². The van der Waals surface area contributed by atoms with Crippen LogP contribution in [0.1, 0.15) is 25.1 Å². The van der Waals surface area contributed by atoms with E-state index in [1.807, 2.05) is 6.92 Å². The maximum atomic E-state index is 13.4. The molecule has 1 heterocycles. The number of hydrogen-bond acceptors (Lipinski definition) is 12. The van der Waals surface area contributed by atoms with Crippen molar-refractivity contribution in [2.24, 2.45) is 0 Å². The van der Waals surface area contributed by atoms with Gasteiger partial charge in [-0.1, -0.05) is 29.8 Å². The Morgan fingerprint density at radius 3 is 2.30 bits per heavy atom. The molecule has 0 saturated carbocycles. The summed E-state index contributed by atoms with van der Waals surface area (Å²) in [6.45, 7) is 3.76. The molecule has 14 nitrogen and oxygen atoms in total. The second-order valence-electron chi connectivity index (χ2n) is 9.37. The number of likely N-dealkylation sites (N-methyl/N-ethyl adjacent to an activating group) is 1. The van der Waals surface area contributed by atoms with Crippen LogP contribution in [0.2, 0.25) is 0 Å². The largest absolute Gasteiger partial charge is 0.510 e. The second kappa shape index (κ2) is 14.5. The number of aryl methyl sites for hydroxylation is 1. The van der Waals surface area contributed by atoms with Crippen LogP contribution in [0.3, 0.4) is 0 Å². The summed E-state index contributed by atoms with van der Waals surface area (Å²) in [5, 5.41) is 14.6. The van der Waals surface area contributed by atoms with Crippen LogP contribution in [0.25, 0.3) is 16.9 Å². The lowest BCUT2D eigenvalue weighted by molar-refractivity contribution is -0.450. The lowest BCUT2D eigenvalue weighted by Crippen LogP contribution is -2.41. The van der Waals surface area contributed by atoms with Crippen molar-refractivity contribution in [1.29, 1.82) is 0 Å². The van der Waals surface area contributed by atoms with Crippen LogP contribution in [0.15, 0.2) is 59.5 Å². The predicted octanol–water partition coefficient (Wildman–Crippen LogP) is 4.27. The first-order valence-electron chi connectivity index (χ1n) is 12.8. The van der Waals surface area contributed by atoms with E-state index in [0.29, 0.717) is 5.56 Å². The van der Waals surface area contributed by atoms with Gasteiger partial charge in [-0.3, -0.25) is 5.21 Å². The number of rotatable bonds is 12. The van der Waals surface area contributed by atoms with E-state index in [-0.39, 0.29) is 28.2 Å². The van der Waals surface area contributed by atoms with Crippen LogP contribution in [0.4, 0.5) is 22.8 Å². The van der Waals surface area contributed by atoms with E-state index in [9.17, 15) is 36.4 Å². The van der Waals surface area contributed by atoms with Gasteiger partial charge < -0.3 is 14.2 Å². The first kappa shape index (κ1) is 34.3. The van der Waals surface area contributed by atoms with E-state index < -0.39 is 53.6 Å². The van der Waals surface area contributed by atoms with Gasteiger partial charge in [-0.2, -0.15) is 23.3 Å². The number of carbonyl (C=O) groups excluding carboxylic acids is 2. The van der Waals surface area contributed by atoms with Crippen molar-refractivity contribution in [3.63, 3.8) is 0 Å². The van der Waals surface area contributed by atoms with Gasteiger partial charge in [-0.25, -0.2) is 32.2 Å². The summed E-state index contributed by atoms with van der Waals surface area (Å²) >= 11 is 0. The Bertz CT molecular complexity index is 1530. The highest BCUT2D eigenvalue weighted by Gasteiger charge is 2.35. The topological polar surface area (TPSA) is 162 Å². The van der Waals surface area contributed by atoms with E-state index in [0.717, 1.165) is 33.5 Å². The fourth-order valence-corrected chi connectivity index (χ4v) is 4.30. The number of halogens is 3. The van der Waals surface area contributed by atoms with Crippen LogP contribution in [0, 0.1) is 6.92 Å². The normalized spacial score (nSPS) is 12.1. The molecule has 240 valence electrons. The molecule has 0 atom stereocenters. The number of benzene rings is 2. The zero-order chi connectivity index (χ0) is 32.7. The van der Waals surface area contributed by atoms with E-state index in [1.165, 1.54) is 19.2 Å². The van der Waals surface area contributed by atoms with Crippen LogP contribution < -0.4 is 4.72 Å². The molecular formula is C26H30F3N5O9S. The summed E-state index contributed by atoms with van der Waals surface area (Å²) in [5.41, 5.74) is 0.503. The summed E-state index contributed by atoms with van der Waals surface area (Å²) < 4.78 is 82.5. The Balaban J connectivity index is 1.59. The Hall–Kier alpha value is -4.23. The summed E-state index contributed by atoms with van der Waals surface area (Å²) in [6.07, 6.45) is -7.49. The third-order valence-electron chi connectivity index (χ3n) is 5.57. The molecule has 0 aliphatic heterocycles. The molecular weight excluding hydrogens is 615 g/mol. The molecule has 0 aliphatic carbocycles. The second-order valence-corrected chi connectivity index (χ2v) is 11.1. The van der Waals surface area contributed by atoms with Gasteiger partial charge in [0.1, 0.15) is 6.61 Å². The molecule has 0 radical (unpaired) electrons. The number of amides is 1. The van der Waals surface area contributed by atoms with Gasteiger partial charge in [-0.05, 0) is 51.1 Å². The number of hydrogen-bond donors (Lipinski definition) is 2. The summed E-state index contributed by atoms with van der Waals surface area (Å²) in [4.78, 5) is 27.7. The monoisotopic (exact) mass is 645 g/mol. The minimum atomic E-state index is -4.72. The Morgan fingerprint density at radius 2 is 1.70 bits per heavy atom. The minimum absolute atomic E-state index is 0.132. The van der Waals surface area contributed by atoms with Crippen molar-refractivity contribution in [1.82, 2.24) is 24.8 Å². The number of sulfonamides is 1. The van der Waals surface area contributed by atoms with Gasteiger partial charge in [0.15, 0.2) is 5.69 Å². The van der Waals surface area contributed by atoms with E-state index in [2.05, 4.69) is 9.84 Å². The smallest absolute Gasteiger partial charge is 0.447 e. The maximum absolute atomic E-state index is 13.4. The molecule has 0 spiro atoms. The van der Waals surface area contributed by atoms with E-state index in [1.54, 1.807) is 42.8 Å². The van der Waals surface area contributed by atoms with Gasteiger partial charge in [0, 0.05) is 17.9 Å². The molecule has 1 aromatic heterocycles. The maximum Gasteiger partial charge on any atom is 0.510 e. The molecule has 3 aromatic rings. The number of ether oxygens (including phenoxy) is 3. The average Bonchev–Trinajstić information content (AvgIpc) is 3.39. The van der Waals surface area contributed by atoms with Crippen molar-refractivity contribution in [2.45, 2.75) is 37.9 Å². The SMILES string of the molecule is Cc1ccc(-c2cc(C(F)(F)F)nn2-c2ccc(S(=O)(=O)NC(=O)OCCN(C)N(O)OCOC(=O)OC(C)C)cc2)cc1. The number of carbonyl (C=O) groups is 2. The number of nitrogens with zero attached hydrogens (tertiary/aromatic N) is 4. The van der Waals surface area contributed by atoms with Gasteiger partial charge in [0.2, 0.25) is 6.79 Å². The fraction of sp³-hybridized carbons (Fsp3) is 0.346. The summed E-state index contributed by atoms with van der Waals surface area (Å²) in [5.74, 6) is 0. The van der Waals surface area contributed by atoms with Gasteiger partial charge in [0.05, 0.1) is 28.9 Å². The lowest BCUT2D eigenvalue weighted by Gasteiger charge is -2.23. The number of aromatic nitrogens is 2. The van der Waals surface area contributed by atoms with E-state index in [4.69, 9.17) is 14.3 Å². The Labute approximate surface area is 250 Å². The average molecular weight is 646 g/mol. The van der Waals surface area contributed by atoms with Crippen molar-refractivity contribution in [3.8, 4) is 16.9 Å². The van der Waals surface area contributed by atoms with Crippen molar-refractivity contribution in [3.05, 3.63) is 65.9 Å². The first-order chi connectivity index (χ1) is 20.6. The highest BCUT2D eigenvalue weighted by Crippen LogP contribution is 2.33. The third-order valence-corrected chi connectivity index (χ3v) is 6.90. The van der Waals surface area contributed by atoms with Crippen LogP contribution in [-0.2, 0) is 35.2 Å². The molecule has 0 fully saturated rings. The molecule has 0 aliphatic rings. The molecule has 0 unspecified atom stereocenters. The molecule has 44 heavy (non-hydrogen) atoms. The zero-order valence-corrected chi connectivity index (χ0v) is 24.8. The predicted molar refractivity (Wildman–Crippen MR) is 145 cm³/mol. The minimum Gasteiger partial charge on any atom is -0.447 e. The molecule has 2 aromatic carbocycles.